The summed E-state index contributed by atoms with van der Waals surface area (Å²) in [5, 5.41) is 4.96. The van der Waals surface area contributed by atoms with Crippen LogP contribution in [0.3, 0.4) is 0 Å². The number of benzene rings is 9. The van der Waals surface area contributed by atoms with Crippen LogP contribution in [-0.4, -0.2) is 32.4 Å². The Hall–Kier alpha value is -7.80. The van der Waals surface area contributed by atoms with Crippen LogP contribution >= 0.6 is 0 Å². The average molecular weight is 864 g/mol. The van der Waals surface area contributed by atoms with Gasteiger partial charge in [-0.15, -0.1) is 0 Å². The molecule has 13 rings (SSSR count). The normalized spacial score (nSPS) is 12.9. The summed E-state index contributed by atoms with van der Waals surface area (Å²) in [7, 11) is 0. The fourth-order valence-corrected chi connectivity index (χ4v) is 21.0. The maximum absolute atomic E-state index is 5.78. The van der Waals surface area contributed by atoms with Crippen LogP contribution in [0, 0.1) is 0 Å². The number of hydrogen-bond acceptors (Lipinski definition) is 2. The minimum absolute atomic E-state index is 0.741. The van der Waals surface area contributed by atoms with Gasteiger partial charge in [-0.2, -0.15) is 0 Å². The zero-order valence-electron chi connectivity index (χ0n) is 34.2. The Morgan fingerprint density at radius 2 is 0.841 bits per heavy atom. The minimum atomic E-state index is -3.67. The molecule has 294 valence electrons. The van der Waals surface area contributed by atoms with Crippen molar-refractivity contribution in [3.8, 4) is 45.1 Å². The van der Waals surface area contributed by atoms with E-state index in [0.717, 1.165) is 45.1 Å². The van der Waals surface area contributed by atoms with Crippen molar-refractivity contribution in [2.75, 3.05) is 0 Å². The van der Waals surface area contributed by atoms with Gasteiger partial charge in [-0.1, -0.05) is 36.4 Å². The second-order valence-corrected chi connectivity index (χ2v) is 24.2. The molecule has 0 N–H and O–H groups in total. The molecular formula is C58H38GeN4. The van der Waals surface area contributed by atoms with Crippen molar-refractivity contribution in [2.45, 2.75) is 0 Å². The first-order valence-corrected chi connectivity index (χ1v) is 25.8. The second kappa shape index (κ2) is 14.1. The predicted molar refractivity (Wildman–Crippen MR) is 264 cm³/mol. The van der Waals surface area contributed by atoms with E-state index in [0.29, 0.717) is 0 Å². The zero-order chi connectivity index (χ0) is 41.5. The number of fused-ring (bicyclic) bond motifs is 9. The second-order valence-electron chi connectivity index (χ2n) is 16.5. The van der Waals surface area contributed by atoms with Gasteiger partial charge in [0.05, 0.1) is 5.52 Å². The standard InChI is InChI=1S/C58H38GeN4/c1-5-19-39(20-6-1)56-55-47-29-13-16-30-50(47)59(41-21-7-2-8-22-41,42-23-9-3-10-24-42)57(55)61-58(60-56)40-33-35-44(36-34-40)63-52-32-18-15-28-46(52)49-37-48-45-27-14-17-31-51(45)62(53(48)38-54(49)63)43-25-11-4-12-26-43/h1-38H. The van der Waals surface area contributed by atoms with E-state index in [9.17, 15) is 0 Å². The van der Waals surface area contributed by atoms with E-state index in [4.69, 9.17) is 9.97 Å². The third-order valence-corrected chi connectivity index (χ3v) is 23.1. The van der Waals surface area contributed by atoms with Gasteiger partial charge in [0.25, 0.3) is 0 Å². The van der Waals surface area contributed by atoms with E-state index >= 15 is 0 Å². The van der Waals surface area contributed by atoms with Gasteiger partial charge >= 0.3 is 298 Å². The van der Waals surface area contributed by atoms with E-state index < -0.39 is 13.3 Å². The van der Waals surface area contributed by atoms with Gasteiger partial charge < -0.3 is 0 Å². The molecule has 4 nitrogen and oxygen atoms in total. The van der Waals surface area contributed by atoms with Gasteiger partial charge in [0.15, 0.2) is 0 Å². The number of aromatic nitrogens is 4. The summed E-state index contributed by atoms with van der Waals surface area (Å²) in [6.07, 6.45) is 0. The van der Waals surface area contributed by atoms with Crippen molar-refractivity contribution in [1.82, 2.24) is 19.1 Å². The molecule has 0 aliphatic carbocycles. The molecule has 0 spiro atoms. The van der Waals surface area contributed by atoms with Gasteiger partial charge in [-0.05, 0) is 18.2 Å². The zero-order valence-corrected chi connectivity index (χ0v) is 36.3. The average Bonchev–Trinajstić information content (AvgIpc) is 3.98. The first-order valence-electron chi connectivity index (χ1n) is 21.6. The van der Waals surface area contributed by atoms with Crippen molar-refractivity contribution in [3.63, 3.8) is 0 Å². The summed E-state index contributed by atoms with van der Waals surface area (Å²) in [4.78, 5) is 11.3. The summed E-state index contributed by atoms with van der Waals surface area (Å²) in [6, 6.07) is 84.0. The molecule has 1 aliphatic heterocycles. The van der Waals surface area contributed by atoms with E-state index in [1.54, 1.807) is 0 Å². The van der Waals surface area contributed by atoms with Gasteiger partial charge in [0.2, 0.25) is 0 Å². The van der Waals surface area contributed by atoms with Crippen LogP contribution in [-0.2, 0) is 0 Å². The van der Waals surface area contributed by atoms with Crippen LogP contribution in [0.25, 0.3) is 88.8 Å². The Morgan fingerprint density at radius 3 is 1.44 bits per heavy atom. The quantitative estimate of drug-likeness (QED) is 0.156. The first-order chi connectivity index (χ1) is 31.3. The molecule has 63 heavy (non-hydrogen) atoms. The number of nitrogens with zero attached hydrogens (tertiary/aromatic N) is 4. The van der Waals surface area contributed by atoms with Crippen molar-refractivity contribution >= 4 is 74.6 Å². The summed E-state index contributed by atoms with van der Waals surface area (Å²) in [6.45, 7) is 0. The number of para-hydroxylation sites is 3. The molecule has 0 bridgehead atoms. The van der Waals surface area contributed by atoms with Crippen molar-refractivity contribution in [3.05, 3.63) is 231 Å². The summed E-state index contributed by atoms with van der Waals surface area (Å²) < 4.78 is 10.1. The fraction of sp³-hybridized carbons (Fsp3) is 0. The van der Waals surface area contributed by atoms with Crippen LogP contribution < -0.4 is 17.7 Å². The molecule has 0 saturated heterocycles. The van der Waals surface area contributed by atoms with Crippen molar-refractivity contribution in [1.29, 1.82) is 0 Å². The molecule has 0 amide bonds. The summed E-state index contributed by atoms with van der Waals surface area (Å²) in [5.41, 5.74) is 12.4. The van der Waals surface area contributed by atoms with E-state index in [1.165, 1.54) is 61.4 Å². The van der Waals surface area contributed by atoms with Crippen LogP contribution in [0.2, 0.25) is 0 Å². The number of hydrogen-bond donors (Lipinski definition) is 0. The molecule has 0 atom stereocenters. The molecule has 0 unspecified atom stereocenters. The van der Waals surface area contributed by atoms with E-state index in [1.807, 2.05) is 0 Å². The van der Waals surface area contributed by atoms with Gasteiger partial charge in [-0.3, -0.25) is 0 Å². The van der Waals surface area contributed by atoms with Crippen LogP contribution in [0.5, 0.6) is 0 Å². The van der Waals surface area contributed by atoms with Crippen LogP contribution in [0.4, 0.5) is 0 Å². The Bertz CT molecular complexity index is 3670. The molecule has 12 aromatic rings. The molecule has 0 fully saturated rings. The predicted octanol–water partition coefficient (Wildman–Crippen LogP) is 11.4. The topological polar surface area (TPSA) is 35.6 Å². The van der Waals surface area contributed by atoms with Gasteiger partial charge in [0, 0.05) is 11.1 Å². The molecule has 3 aromatic heterocycles. The molecule has 9 aromatic carbocycles. The van der Waals surface area contributed by atoms with Crippen LogP contribution in [0.15, 0.2) is 231 Å². The molecule has 1 aliphatic rings. The molecule has 0 saturated carbocycles. The van der Waals surface area contributed by atoms with Crippen molar-refractivity contribution < 1.29 is 0 Å². The van der Waals surface area contributed by atoms with Gasteiger partial charge in [-0.25, -0.2) is 0 Å². The van der Waals surface area contributed by atoms with Crippen molar-refractivity contribution in [2.24, 2.45) is 0 Å². The molecule has 4 heterocycles. The third kappa shape index (κ3) is 5.28. The maximum atomic E-state index is 5.78. The molecule has 0 radical (unpaired) electrons. The van der Waals surface area contributed by atoms with Gasteiger partial charge in [0.1, 0.15) is 0 Å². The Labute approximate surface area is 367 Å². The molecule has 5 heteroatoms. The summed E-state index contributed by atoms with van der Waals surface area (Å²) >= 11 is -3.67. The monoisotopic (exact) mass is 864 g/mol. The Morgan fingerprint density at radius 1 is 0.349 bits per heavy atom. The first kappa shape index (κ1) is 35.9. The van der Waals surface area contributed by atoms with E-state index in [2.05, 4.69) is 240 Å². The SMILES string of the molecule is c1ccc(-c2nc(-c3ccc(-n4c5ccccc5c5cc6c7ccccc7n(-c7ccccc7)c6cc54)cc3)n[c]3c2-c2cccc[c]2[Ge]3([c]2ccccc2)[c]2ccccc2)cc1. The van der Waals surface area contributed by atoms with E-state index in [-0.39, 0.29) is 0 Å². The van der Waals surface area contributed by atoms with Crippen LogP contribution in [0.1, 0.15) is 0 Å². The molecular weight excluding hydrogens is 825 g/mol. The summed E-state index contributed by atoms with van der Waals surface area (Å²) in [5.74, 6) is 0.741. The number of rotatable bonds is 6. The Balaban J connectivity index is 1.04. The Kier molecular flexibility index (Phi) is 8.05. The third-order valence-electron chi connectivity index (χ3n) is 13.2. The fourth-order valence-electron chi connectivity index (χ4n) is 10.5.